The first-order valence-electron chi connectivity index (χ1n) is 4.67. The molecule has 0 N–H and O–H groups in total. The van der Waals surface area contributed by atoms with E-state index in [1.807, 2.05) is 0 Å². The number of anilines is 1. The van der Waals surface area contributed by atoms with Gasteiger partial charge in [-0.1, -0.05) is 0 Å². The summed E-state index contributed by atoms with van der Waals surface area (Å²) in [4.78, 5) is 15.5. The number of amides is 1. The average molecular weight is 243 g/mol. The predicted octanol–water partition coefficient (Wildman–Crippen LogP) is 1.86. The lowest BCUT2D eigenvalue weighted by atomic mass is 10.3. The van der Waals surface area contributed by atoms with Crippen LogP contribution in [0.25, 0.3) is 5.65 Å². The van der Waals surface area contributed by atoms with Crippen molar-refractivity contribution in [2.75, 3.05) is 11.9 Å². The van der Waals surface area contributed by atoms with E-state index in [0.29, 0.717) is 10.5 Å². The van der Waals surface area contributed by atoms with Crippen molar-refractivity contribution in [2.45, 2.75) is 6.18 Å². The zero-order chi connectivity index (χ0) is 12.6. The molecule has 0 aliphatic heterocycles. The number of alkyl halides is 3. The molecule has 17 heavy (non-hydrogen) atoms. The second-order valence-corrected chi connectivity index (χ2v) is 3.44. The number of imidazole rings is 1. The van der Waals surface area contributed by atoms with Crippen LogP contribution in [0, 0.1) is 0 Å². The van der Waals surface area contributed by atoms with E-state index in [-0.39, 0.29) is 5.69 Å². The highest BCUT2D eigenvalue weighted by molar-refractivity contribution is 5.96. The molecule has 0 saturated heterocycles. The molecule has 1 amide bonds. The molecule has 2 heterocycles. The van der Waals surface area contributed by atoms with Crippen LogP contribution in [0.3, 0.4) is 0 Å². The Labute approximate surface area is 94.3 Å². The summed E-state index contributed by atoms with van der Waals surface area (Å²) in [6.45, 7) is 0. The van der Waals surface area contributed by atoms with Gasteiger partial charge in [0.15, 0.2) is 0 Å². The third-order valence-corrected chi connectivity index (χ3v) is 2.31. The van der Waals surface area contributed by atoms with Gasteiger partial charge in [0.1, 0.15) is 5.65 Å². The van der Waals surface area contributed by atoms with Gasteiger partial charge in [0.25, 0.3) is 0 Å². The normalized spacial score (nSPS) is 11.8. The molecule has 0 aromatic carbocycles. The van der Waals surface area contributed by atoms with Crippen molar-refractivity contribution in [1.82, 2.24) is 9.38 Å². The van der Waals surface area contributed by atoms with Crippen LogP contribution in [0.2, 0.25) is 0 Å². The molecule has 0 fully saturated rings. The lowest BCUT2D eigenvalue weighted by Gasteiger charge is -2.18. The summed E-state index contributed by atoms with van der Waals surface area (Å²) in [5, 5.41) is 0. The van der Waals surface area contributed by atoms with Crippen LogP contribution >= 0.6 is 0 Å². The largest absolute Gasteiger partial charge is 0.471 e. The molecule has 0 saturated carbocycles. The van der Waals surface area contributed by atoms with E-state index in [0.717, 1.165) is 7.05 Å². The number of nitrogens with zero attached hydrogens (tertiary/aromatic N) is 3. The predicted molar refractivity (Wildman–Crippen MR) is 54.7 cm³/mol. The Balaban J connectivity index is 2.36. The summed E-state index contributed by atoms with van der Waals surface area (Å²) in [5.74, 6) is -1.91. The van der Waals surface area contributed by atoms with Gasteiger partial charge >= 0.3 is 12.1 Å². The first-order valence-corrected chi connectivity index (χ1v) is 4.67. The van der Waals surface area contributed by atoms with Crippen LogP contribution in [0.1, 0.15) is 0 Å². The molecule has 0 bridgehead atoms. The molecule has 7 heteroatoms. The highest BCUT2D eigenvalue weighted by Gasteiger charge is 2.41. The molecule has 0 radical (unpaired) electrons. The number of rotatable bonds is 1. The van der Waals surface area contributed by atoms with Crippen LogP contribution in [0.5, 0.6) is 0 Å². The number of pyridine rings is 1. The Morgan fingerprint density at radius 3 is 2.76 bits per heavy atom. The van der Waals surface area contributed by atoms with Gasteiger partial charge < -0.3 is 9.30 Å². The first kappa shape index (κ1) is 11.4. The van der Waals surface area contributed by atoms with Crippen molar-refractivity contribution in [3.63, 3.8) is 0 Å². The summed E-state index contributed by atoms with van der Waals surface area (Å²) >= 11 is 0. The van der Waals surface area contributed by atoms with Crippen LogP contribution in [0.4, 0.5) is 18.9 Å². The molecule has 0 unspecified atom stereocenters. The maximum Gasteiger partial charge on any atom is 0.471 e. The van der Waals surface area contributed by atoms with E-state index < -0.39 is 12.1 Å². The molecule has 0 atom stereocenters. The Hall–Kier alpha value is -2.05. The van der Waals surface area contributed by atoms with E-state index in [1.54, 1.807) is 6.20 Å². The van der Waals surface area contributed by atoms with Gasteiger partial charge in [-0.15, -0.1) is 0 Å². The summed E-state index contributed by atoms with van der Waals surface area (Å²) in [6, 6.07) is 2.95. The Kier molecular flexibility index (Phi) is 2.53. The molecular formula is C10H8F3N3O. The second-order valence-electron chi connectivity index (χ2n) is 3.44. The van der Waals surface area contributed by atoms with Crippen molar-refractivity contribution in [2.24, 2.45) is 0 Å². The number of fused-ring (bicyclic) bond motifs is 1. The van der Waals surface area contributed by atoms with Crippen LogP contribution in [0.15, 0.2) is 30.7 Å². The van der Waals surface area contributed by atoms with E-state index >= 15 is 0 Å². The van der Waals surface area contributed by atoms with E-state index in [9.17, 15) is 18.0 Å². The van der Waals surface area contributed by atoms with Crippen molar-refractivity contribution in [3.8, 4) is 0 Å². The molecule has 90 valence electrons. The Bertz CT molecular complexity index is 561. The first-order chi connectivity index (χ1) is 7.89. The van der Waals surface area contributed by atoms with Crippen LogP contribution in [-0.2, 0) is 4.79 Å². The van der Waals surface area contributed by atoms with Gasteiger partial charge in [-0.05, 0) is 12.1 Å². The minimum Gasteiger partial charge on any atom is -0.306 e. The standard InChI is InChI=1S/C10H8F3N3O/c1-15(9(17)10(11,12)13)7-2-3-8-14-4-5-16(8)6-7/h2-6H,1H3. The van der Waals surface area contributed by atoms with Gasteiger partial charge in [-0.2, -0.15) is 13.2 Å². The van der Waals surface area contributed by atoms with Crippen molar-refractivity contribution >= 4 is 17.2 Å². The van der Waals surface area contributed by atoms with Gasteiger partial charge in [-0.25, -0.2) is 4.98 Å². The van der Waals surface area contributed by atoms with Crippen molar-refractivity contribution < 1.29 is 18.0 Å². The lowest BCUT2D eigenvalue weighted by Crippen LogP contribution is -2.38. The zero-order valence-electron chi connectivity index (χ0n) is 8.77. The Morgan fingerprint density at radius 2 is 2.12 bits per heavy atom. The van der Waals surface area contributed by atoms with Gasteiger partial charge in [0, 0.05) is 25.6 Å². The van der Waals surface area contributed by atoms with E-state index in [2.05, 4.69) is 4.98 Å². The summed E-state index contributed by atoms with van der Waals surface area (Å²) < 4.78 is 38.2. The fraction of sp³-hybridized carbons (Fsp3) is 0.200. The maximum atomic E-state index is 12.2. The Morgan fingerprint density at radius 1 is 1.41 bits per heavy atom. The fourth-order valence-corrected chi connectivity index (χ4v) is 1.41. The maximum absolute atomic E-state index is 12.2. The van der Waals surface area contributed by atoms with Gasteiger partial charge in [-0.3, -0.25) is 4.79 Å². The monoisotopic (exact) mass is 243 g/mol. The highest BCUT2D eigenvalue weighted by Crippen LogP contribution is 2.22. The van der Waals surface area contributed by atoms with Crippen molar-refractivity contribution in [3.05, 3.63) is 30.7 Å². The molecule has 2 aromatic heterocycles. The smallest absolute Gasteiger partial charge is 0.306 e. The highest BCUT2D eigenvalue weighted by atomic mass is 19.4. The zero-order valence-corrected chi connectivity index (χ0v) is 8.77. The van der Waals surface area contributed by atoms with E-state index in [1.165, 1.54) is 28.9 Å². The number of hydrogen-bond donors (Lipinski definition) is 0. The third-order valence-electron chi connectivity index (χ3n) is 2.31. The summed E-state index contributed by atoms with van der Waals surface area (Å²) in [5.41, 5.74) is 0.749. The number of carbonyl (C=O) groups is 1. The minimum atomic E-state index is -4.88. The quantitative estimate of drug-likeness (QED) is 0.766. The molecule has 2 rings (SSSR count). The molecule has 4 nitrogen and oxygen atoms in total. The van der Waals surface area contributed by atoms with Crippen LogP contribution < -0.4 is 4.90 Å². The van der Waals surface area contributed by atoms with Gasteiger partial charge in [0.05, 0.1) is 5.69 Å². The molecule has 0 spiro atoms. The second kappa shape index (κ2) is 3.76. The average Bonchev–Trinajstić information content (AvgIpc) is 2.72. The number of carbonyl (C=O) groups excluding carboxylic acids is 1. The summed E-state index contributed by atoms with van der Waals surface area (Å²) in [7, 11) is 1.08. The number of aromatic nitrogens is 2. The number of hydrogen-bond acceptors (Lipinski definition) is 2. The third kappa shape index (κ3) is 2.08. The fourth-order valence-electron chi connectivity index (χ4n) is 1.41. The topological polar surface area (TPSA) is 37.6 Å². The molecule has 0 aliphatic rings. The molecule has 2 aromatic rings. The van der Waals surface area contributed by atoms with Crippen molar-refractivity contribution in [1.29, 1.82) is 0 Å². The summed E-state index contributed by atoms with van der Waals surface area (Å²) in [6.07, 6.45) is -0.361. The van der Waals surface area contributed by atoms with Gasteiger partial charge in [0.2, 0.25) is 0 Å². The number of halogens is 3. The lowest BCUT2D eigenvalue weighted by molar-refractivity contribution is -0.170. The van der Waals surface area contributed by atoms with E-state index in [4.69, 9.17) is 0 Å². The van der Waals surface area contributed by atoms with Crippen LogP contribution in [-0.4, -0.2) is 28.5 Å². The molecule has 0 aliphatic carbocycles. The minimum absolute atomic E-state index is 0.151. The SMILES string of the molecule is CN(C(=O)C(F)(F)F)c1ccc2nccn2c1. The molecular weight excluding hydrogens is 235 g/mol.